The van der Waals surface area contributed by atoms with Crippen LogP contribution in [0.4, 0.5) is 0 Å². The van der Waals surface area contributed by atoms with E-state index in [1.165, 1.54) is 13.2 Å². The molecule has 6 heteroatoms. The lowest BCUT2D eigenvalue weighted by atomic mass is 10.1. The Hall–Kier alpha value is -4.06. The maximum absolute atomic E-state index is 12.8. The summed E-state index contributed by atoms with van der Waals surface area (Å²) in [5.41, 5.74) is 1.52. The molecule has 0 aliphatic rings. The van der Waals surface area contributed by atoms with Gasteiger partial charge in [0.25, 0.3) is 0 Å². The minimum absolute atomic E-state index is 0.0683. The smallest absolute Gasteiger partial charge is 0.338 e. The zero-order valence-corrected chi connectivity index (χ0v) is 16.9. The summed E-state index contributed by atoms with van der Waals surface area (Å²) in [5, 5.41) is 0.675. The molecular weight excluding hydrogens is 396 g/mol. The van der Waals surface area contributed by atoms with E-state index in [-0.39, 0.29) is 13.2 Å². The molecule has 4 rings (SSSR count). The minimum Gasteiger partial charge on any atom is -0.497 e. The van der Waals surface area contributed by atoms with Gasteiger partial charge in [-0.3, -0.25) is 0 Å². The number of carbonyl (C=O) groups excluding carboxylic acids is 1. The van der Waals surface area contributed by atoms with Crippen molar-refractivity contribution in [2.24, 2.45) is 0 Å². The molecule has 0 spiro atoms. The largest absolute Gasteiger partial charge is 0.497 e. The fraction of sp³-hybridized carbons (Fsp3) is 0.120. The Bertz CT molecular complexity index is 1260. The summed E-state index contributed by atoms with van der Waals surface area (Å²) in [6.07, 6.45) is 0. The van der Waals surface area contributed by atoms with Crippen LogP contribution in [0.15, 0.2) is 88.1 Å². The first-order valence-corrected chi connectivity index (χ1v) is 9.67. The van der Waals surface area contributed by atoms with Crippen molar-refractivity contribution in [2.45, 2.75) is 13.2 Å². The molecule has 0 aliphatic carbocycles. The Morgan fingerprint density at radius 1 is 0.839 bits per heavy atom. The van der Waals surface area contributed by atoms with E-state index in [1.54, 1.807) is 30.3 Å². The molecule has 0 fully saturated rings. The number of para-hydroxylation sites is 1. The third-order valence-electron chi connectivity index (χ3n) is 4.77. The van der Waals surface area contributed by atoms with Crippen molar-refractivity contribution in [2.75, 3.05) is 7.11 Å². The fourth-order valence-electron chi connectivity index (χ4n) is 3.20. The average molecular weight is 416 g/mol. The molecular formula is C25H20O6. The van der Waals surface area contributed by atoms with E-state index < -0.39 is 11.6 Å². The van der Waals surface area contributed by atoms with Crippen LogP contribution < -0.4 is 15.1 Å². The topological polar surface area (TPSA) is 75.0 Å². The second kappa shape index (κ2) is 9.17. The summed E-state index contributed by atoms with van der Waals surface area (Å²) in [6, 6.07) is 22.9. The molecule has 0 saturated heterocycles. The normalized spacial score (nSPS) is 10.6. The lowest BCUT2D eigenvalue weighted by molar-refractivity contribution is 0.0471. The Morgan fingerprint density at radius 2 is 1.61 bits per heavy atom. The van der Waals surface area contributed by atoms with Crippen molar-refractivity contribution in [1.82, 2.24) is 0 Å². The number of fused-ring (bicyclic) bond motifs is 1. The number of methoxy groups -OCH3 is 1. The number of carbonyl (C=O) groups is 1. The van der Waals surface area contributed by atoms with Crippen molar-refractivity contribution in [3.8, 4) is 11.5 Å². The van der Waals surface area contributed by atoms with Crippen LogP contribution in [0.1, 0.15) is 21.5 Å². The second-order valence-electron chi connectivity index (χ2n) is 6.79. The van der Waals surface area contributed by atoms with E-state index in [4.69, 9.17) is 18.6 Å². The standard InChI is InChI=1S/C25H20O6/c1-28-20-11-12-21-18(13-24(26)31-23(21)14-20)16-30-25(27)22-10-6-5-7-17(22)15-29-19-8-3-2-4-9-19/h2-14H,15-16H2,1H3. The van der Waals surface area contributed by atoms with Gasteiger partial charge < -0.3 is 18.6 Å². The molecule has 0 atom stereocenters. The van der Waals surface area contributed by atoms with Gasteiger partial charge in [-0.1, -0.05) is 36.4 Å². The highest BCUT2D eigenvalue weighted by Crippen LogP contribution is 2.23. The second-order valence-corrected chi connectivity index (χ2v) is 6.79. The third kappa shape index (κ3) is 4.75. The first kappa shape index (κ1) is 20.2. The van der Waals surface area contributed by atoms with Crippen LogP contribution in [0.5, 0.6) is 11.5 Å². The molecule has 4 aromatic rings. The fourth-order valence-corrected chi connectivity index (χ4v) is 3.20. The molecule has 1 aromatic heterocycles. The van der Waals surface area contributed by atoms with Crippen LogP contribution in [-0.2, 0) is 18.0 Å². The Balaban J connectivity index is 1.51. The van der Waals surface area contributed by atoms with E-state index in [9.17, 15) is 9.59 Å². The van der Waals surface area contributed by atoms with E-state index in [2.05, 4.69) is 0 Å². The maximum Gasteiger partial charge on any atom is 0.338 e. The molecule has 31 heavy (non-hydrogen) atoms. The molecule has 0 unspecified atom stereocenters. The van der Waals surface area contributed by atoms with E-state index in [0.29, 0.717) is 39.2 Å². The predicted molar refractivity (Wildman–Crippen MR) is 115 cm³/mol. The van der Waals surface area contributed by atoms with Crippen molar-refractivity contribution < 1.29 is 23.4 Å². The van der Waals surface area contributed by atoms with E-state index >= 15 is 0 Å². The quantitative estimate of drug-likeness (QED) is 0.320. The van der Waals surface area contributed by atoms with Crippen molar-refractivity contribution in [1.29, 1.82) is 0 Å². The van der Waals surface area contributed by atoms with Gasteiger partial charge in [-0.15, -0.1) is 0 Å². The molecule has 0 saturated carbocycles. The molecule has 0 amide bonds. The SMILES string of the molecule is COc1ccc2c(COC(=O)c3ccccc3COc3ccccc3)cc(=O)oc2c1. The number of rotatable bonds is 7. The lowest BCUT2D eigenvalue weighted by Crippen LogP contribution is -2.11. The van der Waals surface area contributed by atoms with Gasteiger partial charge in [-0.2, -0.15) is 0 Å². The monoisotopic (exact) mass is 416 g/mol. The van der Waals surface area contributed by atoms with Crippen LogP contribution in [0.3, 0.4) is 0 Å². The zero-order valence-electron chi connectivity index (χ0n) is 16.9. The highest BCUT2D eigenvalue weighted by atomic mass is 16.5. The highest BCUT2D eigenvalue weighted by Gasteiger charge is 2.15. The third-order valence-corrected chi connectivity index (χ3v) is 4.77. The summed E-state index contributed by atoms with van der Waals surface area (Å²) in [5.74, 6) is 0.780. The van der Waals surface area contributed by atoms with Gasteiger partial charge >= 0.3 is 11.6 Å². The Morgan fingerprint density at radius 3 is 2.42 bits per heavy atom. The molecule has 3 aromatic carbocycles. The molecule has 156 valence electrons. The Kier molecular flexibility index (Phi) is 5.98. The molecule has 1 heterocycles. The number of ether oxygens (including phenoxy) is 3. The van der Waals surface area contributed by atoms with Crippen molar-refractivity contribution >= 4 is 16.9 Å². The molecule has 6 nitrogen and oxygen atoms in total. The first-order valence-electron chi connectivity index (χ1n) is 9.67. The average Bonchev–Trinajstić information content (AvgIpc) is 2.81. The number of esters is 1. The van der Waals surface area contributed by atoms with Crippen LogP contribution in [0.25, 0.3) is 11.0 Å². The van der Waals surface area contributed by atoms with Crippen LogP contribution >= 0.6 is 0 Å². The van der Waals surface area contributed by atoms with Crippen LogP contribution in [0.2, 0.25) is 0 Å². The van der Waals surface area contributed by atoms with Crippen LogP contribution in [-0.4, -0.2) is 13.1 Å². The van der Waals surface area contributed by atoms with E-state index in [0.717, 1.165) is 0 Å². The van der Waals surface area contributed by atoms with Gasteiger partial charge in [0.05, 0.1) is 12.7 Å². The number of hydrogen-bond acceptors (Lipinski definition) is 6. The lowest BCUT2D eigenvalue weighted by Gasteiger charge is -2.12. The summed E-state index contributed by atoms with van der Waals surface area (Å²) in [4.78, 5) is 24.7. The molecule has 0 radical (unpaired) electrons. The maximum atomic E-state index is 12.8. The first-order chi connectivity index (χ1) is 15.1. The Labute approximate surface area is 178 Å². The molecule has 0 aliphatic heterocycles. The summed E-state index contributed by atoms with van der Waals surface area (Å²) in [7, 11) is 1.53. The number of benzene rings is 3. The van der Waals surface area contributed by atoms with Gasteiger partial charge in [0.1, 0.15) is 30.3 Å². The van der Waals surface area contributed by atoms with Gasteiger partial charge in [-0.05, 0) is 30.3 Å². The number of hydrogen-bond donors (Lipinski definition) is 0. The van der Waals surface area contributed by atoms with Gasteiger partial charge in [-0.25, -0.2) is 9.59 Å². The van der Waals surface area contributed by atoms with Gasteiger partial charge in [0, 0.05) is 28.6 Å². The summed E-state index contributed by atoms with van der Waals surface area (Å²) < 4.78 is 21.7. The van der Waals surface area contributed by atoms with E-state index in [1.807, 2.05) is 42.5 Å². The zero-order chi connectivity index (χ0) is 21.6. The highest BCUT2D eigenvalue weighted by molar-refractivity contribution is 5.91. The van der Waals surface area contributed by atoms with Crippen molar-refractivity contribution in [3.05, 3.63) is 106 Å². The van der Waals surface area contributed by atoms with Gasteiger partial charge in [0.2, 0.25) is 0 Å². The summed E-state index contributed by atoms with van der Waals surface area (Å²) in [6.45, 7) is 0.161. The summed E-state index contributed by atoms with van der Waals surface area (Å²) >= 11 is 0. The molecule has 0 bridgehead atoms. The minimum atomic E-state index is -0.525. The molecule has 0 N–H and O–H groups in total. The van der Waals surface area contributed by atoms with Crippen molar-refractivity contribution in [3.63, 3.8) is 0 Å². The van der Waals surface area contributed by atoms with Gasteiger partial charge in [0.15, 0.2) is 0 Å². The van der Waals surface area contributed by atoms with Crippen LogP contribution in [0, 0.1) is 0 Å². The predicted octanol–water partition coefficient (Wildman–Crippen LogP) is 4.74.